The summed E-state index contributed by atoms with van der Waals surface area (Å²) in [7, 11) is 0. The Labute approximate surface area is 327 Å². The Hall–Kier alpha value is -3.63. The predicted octanol–water partition coefficient (Wildman–Crippen LogP) is 12.2. The zero-order valence-electron chi connectivity index (χ0n) is 30.3. The molecule has 0 spiro atoms. The van der Waals surface area contributed by atoms with E-state index in [4.69, 9.17) is 4.74 Å². The van der Waals surface area contributed by atoms with Crippen molar-refractivity contribution in [3.8, 4) is 17.1 Å². The van der Waals surface area contributed by atoms with E-state index in [2.05, 4.69) is 14.7 Å². The van der Waals surface area contributed by atoms with Gasteiger partial charge in [0.2, 0.25) is 0 Å². The van der Waals surface area contributed by atoms with Gasteiger partial charge in [0.1, 0.15) is 19.0 Å². The molecule has 0 aliphatic carbocycles. The highest BCUT2D eigenvalue weighted by atomic mass is 19.4. The molecule has 0 bridgehead atoms. The fourth-order valence-corrected chi connectivity index (χ4v) is 4.64. The van der Waals surface area contributed by atoms with Crippen LogP contribution in [-0.4, -0.2) is 95.9 Å². The van der Waals surface area contributed by atoms with Crippen molar-refractivity contribution in [3.63, 3.8) is 0 Å². The lowest BCUT2D eigenvalue weighted by atomic mass is 9.98. The Balaban J connectivity index is 2.22. The molecule has 29 heteroatoms. The molecular weight excluding hydrogens is 913 g/mol. The van der Waals surface area contributed by atoms with Gasteiger partial charge in [0.05, 0.1) is 6.61 Å². The van der Waals surface area contributed by atoms with E-state index in [0.29, 0.717) is 24.0 Å². The van der Waals surface area contributed by atoms with Crippen molar-refractivity contribution >= 4 is 0 Å². The second-order valence-electron chi connectivity index (χ2n) is 12.7. The topological polar surface area (TPSA) is 62.7 Å². The first-order valence-corrected chi connectivity index (χ1v) is 16.8. The molecule has 352 valence electrons. The summed E-state index contributed by atoms with van der Waals surface area (Å²) in [5, 5.41) is 0. The number of halogens is 23. The third-order valence-corrected chi connectivity index (χ3v) is 8.03. The van der Waals surface area contributed by atoms with Gasteiger partial charge in [-0.2, -0.15) is 101 Å². The molecule has 1 aromatic heterocycles. The van der Waals surface area contributed by atoms with Crippen LogP contribution in [-0.2, 0) is 20.6 Å². The van der Waals surface area contributed by atoms with Crippen molar-refractivity contribution in [2.45, 2.75) is 118 Å². The summed E-state index contributed by atoms with van der Waals surface area (Å²) < 4.78 is 323. The van der Waals surface area contributed by atoms with E-state index in [1.54, 1.807) is 6.07 Å². The average Bonchev–Trinajstić information content (AvgIpc) is 3.11. The molecule has 2 rings (SSSR count). The molecule has 1 aromatic carbocycles. The summed E-state index contributed by atoms with van der Waals surface area (Å²) in [5.41, 5.74) is 0.914. The van der Waals surface area contributed by atoms with E-state index in [1.807, 2.05) is 6.92 Å². The van der Waals surface area contributed by atoms with Crippen molar-refractivity contribution < 1.29 is 120 Å². The van der Waals surface area contributed by atoms with Gasteiger partial charge >= 0.3 is 66.1 Å². The van der Waals surface area contributed by atoms with Gasteiger partial charge in [0.15, 0.2) is 5.82 Å². The lowest BCUT2D eigenvalue weighted by Gasteiger charge is -2.40. The van der Waals surface area contributed by atoms with Crippen molar-refractivity contribution in [1.82, 2.24) is 9.97 Å². The lowest BCUT2D eigenvalue weighted by Crippen LogP contribution is -2.70. The van der Waals surface area contributed by atoms with Crippen LogP contribution in [0.5, 0.6) is 5.75 Å². The van der Waals surface area contributed by atoms with Gasteiger partial charge in [0, 0.05) is 18.0 Å². The minimum absolute atomic E-state index is 0.0202. The minimum atomic E-state index is -8.59. The number of benzene rings is 1. The van der Waals surface area contributed by atoms with Crippen molar-refractivity contribution in [2.24, 2.45) is 0 Å². The van der Waals surface area contributed by atoms with Crippen molar-refractivity contribution in [2.75, 3.05) is 19.8 Å². The zero-order valence-corrected chi connectivity index (χ0v) is 30.3. The number of ether oxygens (including phenoxy) is 4. The smallest absolute Gasteiger partial charge is 0.460 e. The fraction of sp³-hybridized carbons (Fsp3) is 0.688. The highest BCUT2D eigenvalue weighted by molar-refractivity contribution is 5.58. The van der Waals surface area contributed by atoms with Crippen LogP contribution in [0.4, 0.5) is 101 Å². The van der Waals surface area contributed by atoms with Gasteiger partial charge < -0.3 is 9.47 Å². The molecule has 0 unspecified atom stereocenters. The van der Waals surface area contributed by atoms with E-state index < -0.39 is 86.0 Å². The molecule has 6 nitrogen and oxygen atoms in total. The fourth-order valence-electron chi connectivity index (χ4n) is 4.64. The molecule has 61 heavy (non-hydrogen) atoms. The normalized spacial score (nSPS) is 14.8. The molecule has 0 N–H and O–H groups in total. The summed E-state index contributed by atoms with van der Waals surface area (Å²) in [6.45, 7) is -3.29. The molecule has 0 saturated heterocycles. The molecule has 0 radical (unpaired) electrons. The molecule has 0 aliphatic rings. The van der Waals surface area contributed by atoms with Crippen molar-refractivity contribution in [1.29, 1.82) is 0 Å². The van der Waals surface area contributed by atoms with E-state index in [-0.39, 0.29) is 11.6 Å². The molecule has 0 saturated carbocycles. The maximum absolute atomic E-state index is 14.3. The Morgan fingerprint density at radius 3 is 1.48 bits per heavy atom. The average molecular weight is 943 g/mol. The summed E-state index contributed by atoms with van der Waals surface area (Å²) in [4.78, 5) is 8.13. The number of hydrogen-bond acceptors (Lipinski definition) is 6. The second kappa shape index (κ2) is 18.6. The maximum atomic E-state index is 14.3. The molecule has 0 atom stereocenters. The number of unbranched alkanes of at least 4 members (excludes halogenated alkanes) is 5. The number of aryl methyl sites for hydroxylation is 1. The Kier molecular flexibility index (Phi) is 16.3. The first-order valence-electron chi connectivity index (χ1n) is 16.8. The minimum Gasteiger partial charge on any atom is -0.491 e. The standard InChI is InChI=1S/C32H29F23N2O4/c1-2-3-4-5-6-7-9-18-16-19(21-56-12-8-13-57-21)10-11-20(18)59-15-14-58-17-22(33,34)23(35,36)24(37,38)26(41,42)29(48,49)60-31(52,53)32(54,55)61-30(50,51)27(43,44)25(39,40)28(45,46)47/h8,10-13,16H,2-7,9,14-15,17H2,1H3. The second-order valence-corrected chi connectivity index (χ2v) is 12.7. The third kappa shape index (κ3) is 11.1. The van der Waals surface area contributed by atoms with Crippen LogP contribution >= 0.6 is 0 Å². The van der Waals surface area contributed by atoms with Gasteiger partial charge in [-0.25, -0.2) is 19.4 Å². The third-order valence-electron chi connectivity index (χ3n) is 8.03. The van der Waals surface area contributed by atoms with Crippen LogP contribution in [0, 0.1) is 0 Å². The molecule has 2 aromatic rings. The van der Waals surface area contributed by atoms with Crippen LogP contribution in [0.15, 0.2) is 36.7 Å². The van der Waals surface area contributed by atoms with E-state index in [1.165, 1.54) is 35.3 Å². The predicted molar refractivity (Wildman–Crippen MR) is 159 cm³/mol. The number of alkyl halides is 23. The van der Waals surface area contributed by atoms with Crippen LogP contribution in [0.2, 0.25) is 0 Å². The van der Waals surface area contributed by atoms with E-state index in [9.17, 15) is 101 Å². The van der Waals surface area contributed by atoms with E-state index >= 15 is 0 Å². The molecule has 1 heterocycles. The molecule has 0 aliphatic heterocycles. The Bertz CT molecular complexity index is 1710. The first-order chi connectivity index (χ1) is 27.4. The molecular formula is C32H29F23N2O4. The van der Waals surface area contributed by atoms with Crippen molar-refractivity contribution in [3.05, 3.63) is 42.2 Å². The Morgan fingerprint density at radius 2 is 0.984 bits per heavy atom. The zero-order chi connectivity index (χ0) is 47.4. The van der Waals surface area contributed by atoms with Crippen LogP contribution in [0.1, 0.15) is 51.0 Å². The first kappa shape index (κ1) is 53.5. The monoisotopic (exact) mass is 942 g/mol. The van der Waals surface area contributed by atoms with Gasteiger partial charge in [-0.15, -0.1) is 0 Å². The van der Waals surface area contributed by atoms with Crippen LogP contribution < -0.4 is 4.74 Å². The SMILES string of the molecule is CCCCCCCCc1cc(-c2ncccn2)ccc1OCCOCC(F)(F)C(F)(F)C(F)(F)C(F)(F)C(F)(F)OC(F)(F)C(F)(F)OC(F)(F)C(F)(F)C(F)(F)C(F)(F)F. The molecule has 0 amide bonds. The maximum Gasteiger partial charge on any atom is 0.460 e. The number of nitrogens with zero attached hydrogens (tertiary/aromatic N) is 2. The lowest BCUT2D eigenvalue weighted by molar-refractivity contribution is -0.558. The number of hydrogen-bond donors (Lipinski definition) is 0. The number of aromatic nitrogens is 2. The number of rotatable bonds is 25. The van der Waals surface area contributed by atoms with Gasteiger partial charge in [0.25, 0.3) is 0 Å². The Morgan fingerprint density at radius 1 is 0.508 bits per heavy atom. The van der Waals surface area contributed by atoms with Gasteiger partial charge in [-0.3, -0.25) is 0 Å². The van der Waals surface area contributed by atoms with Gasteiger partial charge in [-0.05, 0) is 42.7 Å². The summed E-state index contributed by atoms with van der Waals surface area (Å²) >= 11 is 0. The van der Waals surface area contributed by atoms with Gasteiger partial charge in [-0.1, -0.05) is 39.0 Å². The summed E-state index contributed by atoms with van der Waals surface area (Å²) in [6.07, 6.45) is -32.9. The van der Waals surface area contributed by atoms with Crippen LogP contribution in [0.3, 0.4) is 0 Å². The quantitative estimate of drug-likeness (QED) is 0.0730. The molecule has 0 fully saturated rings. The summed E-state index contributed by atoms with van der Waals surface area (Å²) in [5.74, 6) is -48.0. The highest BCUT2D eigenvalue weighted by Gasteiger charge is 2.89. The van der Waals surface area contributed by atoms with E-state index in [0.717, 1.165) is 36.8 Å². The van der Waals surface area contributed by atoms with Crippen LogP contribution in [0.25, 0.3) is 11.4 Å². The summed E-state index contributed by atoms with van der Waals surface area (Å²) in [6, 6.07) is 5.82. The largest absolute Gasteiger partial charge is 0.491 e. The highest BCUT2D eigenvalue weighted by Crippen LogP contribution is 2.60.